The van der Waals surface area contributed by atoms with Crippen LogP contribution in [0.1, 0.15) is 82.3 Å². The largest absolute Gasteiger partial charge is 0.507 e. The van der Waals surface area contributed by atoms with E-state index >= 15 is 0 Å². The van der Waals surface area contributed by atoms with Crippen LogP contribution < -0.4 is 9.80 Å². The molecule has 0 saturated heterocycles. The molecular formula is C40H42N4O2Zn. The first-order chi connectivity index (χ1) is 22.7. The number of anilines is 2. The molecule has 4 aromatic rings. The summed E-state index contributed by atoms with van der Waals surface area (Å²) in [5.41, 5.74) is 11.0. The Morgan fingerprint density at radius 2 is 0.936 bits per heavy atom. The summed E-state index contributed by atoms with van der Waals surface area (Å²) < 4.78 is 0. The number of phenols is 2. The number of benzene rings is 4. The molecule has 2 atom stereocenters. The van der Waals surface area contributed by atoms with Gasteiger partial charge in [0.1, 0.15) is 23.6 Å². The molecule has 0 bridgehead atoms. The minimum atomic E-state index is -0.336. The Hall–Kier alpha value is -3.96. The Balaban J connectivity index is 0.00000351. The average Bonchev–Trinajstić information content (AvgIpc) is 3.11. The van der Waals surface area contributed by atoms with Crippen LogP contribution in [0.15, 0.2) is 82.8 Å². The molecule has 4 heterocycles. The van der Waals surface area contributed by atoms with Crippen molar-refractivity contribution in [1.29, 1.82) is 0 Å². The SMILES string of the molecule is Oc1c(C=NC(c2ccccc2)C(N=Cc2cc3c4c(c2O)CCCN4CCC3)c2ccccc2)cc2c3c1CCCN3CCC2.[Zn]. The molecule has 4 aliphatic rings. The van der Waals surface area contributed by atoms with E-state index in [2.05, 4.69) is 46.2 Å². The summed E-state index contributed by atoms with van der Waals surface area (Å²) in [5.74, 6) is 0.727. The van der Waals surface area contributed by atoms with E-state index in [1.165, 1.54) is 22.5 Å². The summed E-state index contributed by atoms with van der Waals surface area (Å²) in [5, 5.41) is 23.0. The van der Waals surface area contributed by atoms with Gasteiger partial charge in [-0.15, -0.1) is 0 Å². The van der Waals surface area contributed by atoms with Gasteiger partial charge in [0.2, 0.25) is 0 Å². The number of phenolic OH excluding ortho intramolecular Hbond substituents is 2. The maximum atomic E-state index is 11.5. The smallest absolute Gasteiger partial charge is 0.129 e. The summed E-state index contributed by atoms with van der Waals surface area (Å²) in [7, 11) is 0. The maximum Gasteiger partial charge on any atom is 0.129 e. The number of aliphatic imine (C=N–C) groups is 2. The minimum absolute atomic E-state index is 0. The number of hydrogen-bond donors (Lipinski definition) is 2. The summed E-state index contributed by atoms with van der Waals surface area (Å²) >= 11 is 0. The molecule has 2 N–H and O–H groups in total. The molecule has 0 aromatic heterocycles. The predicted octanol–water partition coefficient (Wildman–Crippen LogP) is 7.51. The van der Waals surface area contributed by atoms with Crippen molar-refractivity contribution in [2.45, 2.75) is 63.5 Å². The van der Waals surface area contributed by atoms with E-state index in [4.69, 9.17) is 9.98 Å². The molecule has 0 aliphatic carbocycles. The molecule has 7 heteroatoms. The van der Waals surface area contributed by atoms with Gasteiger partial charge in [-0.2, -0.15) is 0 Å². The fourth-order valence-corrected chi connectivity index (χ4v) is 8.26. The number of hydrogen-bond acceptors (Lipinski definition) is 6. The van der Waals surface area contributed by atoms with Crippen LogP contribution in [0.5, 0.6) is 11.5 Å². The van der Waals surface area contributed by atoms with E-state index in [0.29, 0.717) is 11.5 Å². The van der Waals surface area contributed by atoms with Crippen LogP contribution >= 0.6 is 0 Å². The molecule has 0 amide bonds. The molecule has 2 unspecified atom stereocenters. The van der Waals surface area contributed by atoms with E-state index in [-0.39, 0.29) is 31.6 Å². The van der Waals surface area contributed by atoms with E-state index in [9.17, 15) is 10.2 Å². The topological polar surface area (TPSA) is 71.7 Å². The van der Waals surface area contributed by atoms with Crippen molar-refractivity contribution in [1.82, 2.24) is 0 Å². The van der Waals surface area contributed by atoms with Gasteiger partial charge < -0.3 is 20.0 Å². The fourth-order valence-electron chi connectivity index (χ4n) is 8.26. The Labute approximate surface area is 290 Å². The molecule has 8 rings (SSSR count). The molecule has 47 heavy (non-hydrogen) atoms. The van der Waals surface area contributed by atoms with Crippen LogP contribution in [0, 0.1) is 0 Å². The summed E-state index contributed by atoms with van der Waals surface area (Å²) in [4.78, 5) is 15.4. The molecular weight excluding hydrogens is 634 g/mol. The van der Waals surface area contributed by atoms with Crippen molar-refractivity contribution in [2.75, 3.05) is 36.0 Å². The van der Waals surface area contributed by atoms with Crippen molar-refractivity contribution < 1.29 is 29.7 Å². The van der Waals surface area contributed by atoms with E-state index in [1.807, 2.05) is 48.8 Å². The van der Waals surface area contributed by atoms with Gasteiger partial charge in [-0.1, -0.05) is 60.7 Å². The van der Waals surface area contributed by atoms with Crippen LogP contribution in [0.4, 0.5) is 11.4 Å². The number of aryl methyl sites for hydroxylation is 2. The zero-order chi connectivity index (χ0) is 31.0. The summed E-state index contributed by atoms with van der Waals surface area (Å²) in [6.07, 6.45) is 12.0. The first-order valence-electron chi connectivity index (χ1n) is 17.1. The Bertz CT molecular complexity index is 1670. The Morgan fingerprint density at radius 1 is 0.553 bits per heavy atom. The third kappa shape index (κ3) is 6.00. The number of nitrogens with zero attached hydrogens (tertiary/aromatic N) is 4. The van der Waals surface area contributed by atoms with Crippen LogP contribution in [0.3, 0.4) is 0 Å². The Morgan fingerprint density at radius 3 is 1.34 bits per heavy atom. The second kappa shape index (κ2) is 13.6. The third-order valence-corrected chi connectivity index (χ3v) is 10.4. The molecule has 0 radical (unpaired) electrons. The van der Waals surface area contributed by atoms with Crippen LogP contribution in [0.2, 0.25) is 0 Å². The van der Waals surface area contributed by atoms with Crippen LogP contribution in [-0.2, 0) is 45.2 Å². The van der Waals surface area contributed by atoms with E-state index < -0.39 is 0 Å². The minimum Gasteiger partial charge on any atom is -0.507 e. The second-order valence-corrected chi connectivity index (χ2v) is 13.3. The first kappa shape index (κ1) is 31.6. The van der Waals surface area contributed by atoms with Crippen molar-refractivity contribution in [3.05, 3.63) is 117 Å². The second-order valence-electron chi connectivity index (χ2n) is 13.3. The number of aromatic hydroxyl groups is 2. The summed E-state index contributed by atoms with van der Waals surface area (Å²) in [6.45, 7) is 4.27. The van der Waals surface area contributed by atoms with E-state index in [1.54, 1.807) is 0 Å². The molecule has 0 fully saturated rings. The Kier molecular flexibility index (Phi) is 9.18. The van der Waals surface area contributed by atoms with E-state index in [0.717, 1.165) is 111 Å². The van der Waals surface area contributed by atoms with Gasteiger partial charge in [-0.05, 0) is 85.8 Å². The molecule has 0 spiro atoms. The zero-order valence-corrected chi connectivity index (χ0v) is 30.1. The monoisotopic (exact) mass is 674 g/mol. The quantitative estimate of drug-likeness (QED) is 0.157. The van der Waals surface area contributed by atoms with Gasteiger partial charge in [0.25, 0.3) is 0 Å². The maximum absolute atomic E-state index is 11.5. The van der Waals surface area contributed by atoms with Crippen molar-refractivity contribution in [2.24, 2.45) is 9.98 Å². The average molecular weight is 676 g/mol. The molecule has 236 valence electrons. The normalized spacial score (nSPS) is 18.0. The molecule has 0 saturated carbocycles. The molecule has 6 nitrogen and oxygen atoms in total. The first-order valence-corrected chi connectivity index (χ1v) is 17.1. The summed E-state index contributed by atoms with van der Waals surface area (Å²) in [6, 6.07) is 24.3. The number of rotatable bonds is 7. The van der Waals surface area contributed by atoms with Crippen molar-refractivity contribution >= 4 is 23.8 Å². The zero-order valence-electron chi connectivity index (χ0n) is 27.1. The van der Waals surface area contributed by atoms with Crippen molar-refractivity contribution in [3.63, 3.8) is 0 Å². The van der Waals surface area contributed by atoms with Crippen LogP contribution in [0.25, 0.3) is 0 Å². The molecule has 4 aromatic carbocycles. The third-order valence-electron chi connectivity index (χ3n) is 10.4. The predicted molar refractivity (Wildman–Crippen MR) is 187 cm³/mol. The standard InChI is InChI=1S/C40H42N4O2.Zn/c45-39-31(23-29-15-7-19-43-21-9-17-33(39)37(29)43)25-41-35(27-11-3-1-4-12-27)36(28-13-5-2-6-14-28)42-26-32-24-30-16-8-20-44-22-10-18-34(38(30)44)40(32)46;/h1-6,11-14,23-26,35-36,45-46H,7-10,15-22H2;. The van der Waals surface area contributed by atoms with Crippen molar-refractivity contribution in [3.8, 4) is 11.5 Å². The molecule has 4 aliphatic heterocycles. The van der Waals surface area contributed by atoms with Gasteiger partial charge in [-0.25, -0.2) is 0 Å². The van der Waals surface area contributed by atoms with Crippen LogP contribution in [-0.4, -0.2) is 48.8 Å². The van der Waals surface area contributed by atoms with Gasteiger partial charge in [-0.3, -0.25) is 9.98 Å². The van der Waals surface area contributed by atoms with Gasteiger partial charge in [0, 0.05) is 91.7 Å². The van der Waals surface area contributed by atoms with Gasteiger partial charge in [0.05, 0.1) is 0 Å². The van der Waals surface area contributed by atoms with Gasteiger partial charge in [0.15, 0.2) is 0 Å². The van der Waals surface area contributed by atoms with Gasteiger partial charge >= 0.3 is 0 Å². The fraction of sp³-hybridized carbons (Fsp3) is 0.350.